The molecule has 0 spiro atoms. The molecule has 1 aliphatic rings. The van der Waals surface area contributed by atoms with Gasteiger partial charge in [0.1, 0.15) is 11.4 Å². The van der Waals surface area contributed by atoms with Gasteiger partial charge in [-0.25, -0.2) is 13.2 Å². The summed E-state index contributed by atoms with van der Waals surface area (Å²) in [5.41, 5.74) is 0.672. The summed E-state index contributed by atoms with van der Waals surface area (Å²) in [7, 11) is -1.54. The van der Waals surface area contributed by atoms with Gasteiger partial charge in [0.05, 0.1) is 25.7 Å². The summed E-state index contributed by atoms with van der Waals surface area (Å²) in [6, 6.07) is 12.7. The minimum absolute atomic E-state index is 0.0397. The maximum absolute atomic E-state index is 13.5. The molecule has 0 saturated heterocycles. The molecule has 9 heteroatoms. The second-order valence-corrected chi connectivity index (χ2v) is 9.97. The summed E-state index contributed by atoms with van der Waals surface area (Å²) in [5.74, 6) is -0.525. The van der Waals surface area contributed by atoms with Gasteiger partial charge in [0, 0.05) is 11.6 Å². The van der Waals surface area contributed by atoms with E-state index in [1.807, 2.05) is 0 Å². The Morgan fingerprint density at radius 1 is 1.03 bits per heavy atom. The third kappa shape index (κ3) is 5.77. The zero-order valence-corrected chi connectivity index (χ0v) is 20.3. The first kappa shape index (κ1) is 25.3. The van der Waals surface area contributed by atoms with E-state index >= 15 is 0 Å². The van der Waals surface area contributed by atoms with Gasteiger partial charge in [0.25, 0.3) is 10.0 Å². The Kier molecular flexibility index (Phi) is 8.33. The highest BCUT2D eigenvalue weighted by molar-refractivity contribution is 7.89. The lowest BCUT2D eigenvalue weighted by atomic mass is 9.88. The van der Waals surface area contributed by atoms with Crippen LogP contribution in [0, 0.1) is 5.92 Å². The van der Waals surface area contributed by atoms with Crippen LogP contribution in [-0.4, -0.2) is 38.8 Å². The number of amides is 1. The average Bonchev–Trinajstić information content (AvgIpc) is 2.87. The van der Waals surface area contributed by atoms with Crippen molar-refractivity contribution in [3.63, 3.8) is 0 Å². The number of ether oxygens (including phenoxy) is 2. The monoisotopic (exact) mass is 486 g/mol. The summed E-state index contributed by atoms with van der Waals surface area (Å²) in [4.78, 5) is 25.1. The average molecular weight is 487 g/mol. The Hall–Kier alpha value is -3.33. The molecule has 2 aromatic carbocycles. The van der Waals surface area contributed by atoms with Crippen LogP contribution in [-0.2, 0) is 30.9 Å². The van der Waals surface area contributed by atoms with Crippen LogP contribution in [0.5, 0.6) is 5.75 Å². The smallest absolute Gasteiger partial charge is 0.354 e. The van der Waals surface area contributed by atoms with Crippen molar-refractivity contribution < 1.29 is 27.5 Å². The quantitative estimate of drug-likeness (QED) is 0.423. The Morgan fingerprint density at radius 2 is 1.68 bits per heavy atom. The third-order valence-corrected chi connectivity index (χ3v) is 7.73. The Morgan fingerprint density at radius 3 is 2.29 bits per heavy atom. The van der Waals surface area contributed by atoms with Gasteiger partial charge in [-0.05, 0) is 48.7 Å². The molecule has 3 rings (SSSR count). The number of hydrogen-bond donors (Lipinski definition) is 1. The Bertz CT molecular complexity index is 1140. The highest BCUT2D eigenvalue weighted by Gasteiger charge is 2.31. The molecule has 1 amide bonds. The van der Waals surface area contributed by atoms with Crippen molar-refractivity contribution in [3.05, 3.63) is 66.4 Å². The van der Waals surface area contributed by atoms with Crippen molar-refractivity contribution in [2.24, 2.45) is 5.92 Å². The number of rotatable bonds is 9. The fourth-order valence-corrected chi connectivity index (χ4v) is 5.36. The lowest BCUT2D eigenvalue weighted by Gasteiger charge is -2.26. The molecule has 8 nitrogen and oxygen atoms in total. The van der Waals surface area contributed by atoms with Gasteiger partial charge in [0.15, 0.2) is 0 Å². The van der Waals surface area contributed by atoms with Crippen molar-refractivity contribution >= 4 is 27.6 Å². The number of methoxy groups -OCH3 is 2. The van der Waals surface area contributed by atoms with Crippen molar-refractivity contribution in [1.82, 2.24) is 4.31 Å². The van der Waals surface area contributed by atoms with E-state index in [4.69, 9.17) is 9.47 Å². The molecule has 0 radical (unpaired) electrons. The van der Waals surface area contributed by atoms with E-state index < -0.39 is 16.0 Å². The van der Waals surface area contributed by atoms with Crippen LogP contribution >= 0.6 is 0 Å². The summed E-state index contributed by atoms with van der Waals surface area (Å²) >= 11 is 0. The normalized spacial score (nSPS) is 14.2. The molecule has 0 aromatic heterocycles. The second-order valence-electron chi connectivity index (χ2n) is 8.11. The third-order valence-electron chi connectivity index (χ3n) is 5.93. The highest BCUT2D eigenvalue weighted by atomic mass is 32.2. The van der Waals surface area contributed by atoms with Crippen molar-refractivity contribution in [2.45, 2.75) is 43.5 Å². The van der Waals surface area contributed by atoms with Crippen LogP contribution in [0.25, 0.3) is 0 Å². The van der Waals surface area contributed by atoms with Crippen molar-refractivity contribution in [2.75, 3.05) is 19.5 Å². The summed E-state index contributed by atoms with van der Waals surface area (Å²) in [5, 5.41) is 2.95. The van der Waals surface area contributed by atoms with Crippen molar-refractivity contribution in [3.8, 4) is 5.75 Å². The van der Waals surface area contributed by atoms with E-state index in [-0.39, 0.29) is 29.0 Å². The Balaban J connectivity index is 1.93. The van der Waals surface area contributed by atoms with Crippen LogP contribution in [0.2, 0.25) is 0 Å². The molecule has 0 unspecified atom stereocenters. The molecule has 34 heavy (non-hydrogen) atoms. The van der Waals surface area contributed by atoms with Gasteiger partial charge in [-0.2, -0.15) is 0 Å². The van der Waals surface area contributed by atoms with Crippen LogP contribution in [0.1, 0.15) is 37.7 Å². The lowest BCUT2D eigenvalue weighted by Crippen LogP contribution is -2.34. The molecule has 0 heterocycles. The first-order valence-corrected chi connectivity index (χ1v) is 12.5. The fraction of sp³-hybridized carbons (Fsp3) is 0.360. The molecule has 1 fully saturated rings. The first-order valence-electron chi connectivity index (χ1n) is 11.1. The predicted molar refractivity (Wildman–Crippen MR) is 129 cm³/mol. The number of hydrogen-bond acceptors (Lipinski definition) is 6. The van der Waals surface area contributed by atoms with Gasteiger partial charge in [0.2, 0.25) is 5.91 Å². The number of nitrogens with one attached hydrogen (secondary N) is 1. The molecular formula is C25H30N2O6S. The molecular weight excluding hydrogens is 456 g/mol. The van der Waals surface area contributed by atoms with Gasteiger partial charge in [-0.15, -0.1) is 0 Å². The SMILES string of the molecule is C=C(C(=O)OC)N(Cc1ccccc1NC(=O)C1CCCCC1)S(=O)(=O)c1ccc(OC)cc1. The van der Waals surface area contributed by atoms with E-state index in [0.717, 1.165) is 43.5 Å². The van der Waals surface area contributed by atoms with E-state index in [1.54, 1.807) is 24.3 Å². The van der Waals surface area contributed by atoms with Crippen molar-refractivity contribution in [1.29, 1.82) is 0 Å². The number of carbonyl (C=O) groups excluding carboxylic acids is 2. The maximum Gasteiger partial charge on any atom is 0.354 e. The maximum atomic E-state index is 13.5. The van der Waals surface area contributed by atoms with Crippen LogP contribution in [0.15, 0.2) is 65.7 Å². The van der Waals surface area contributed by atoms with Crippen LogP contribution in [0.3, 0.4) is 0 Å². The number of sulfonamides is 1. The van der Waals surface area contributed by atoms with Gasteiger partial charge < -0.3 is 14.8 Å². The van der Waals surface area contributed by atoms with Crippen LogP contribution in [0.4, 0.5) is 5.69 Å². The number of benzene rings is 2. The van der Waals surface area contributed by atoms with E-state index in [9.17, 15) is 18.0 Å². The molecule has 1 aliphatic carbocycles. The van der Waals surface area contributed by atoms with E-state index in [0.29, 0.717) is 17.0 Å². The molecule has 1 N–H and O–H groups in total. The Labute approximate surface area is 200 Å². The van der Waals surface area contributed by atoms with Gasteiger partial charge in [-0.1, -0.05) is 44.0 Å². The highest BCUT2D eigenvalue weighted by Crippen LogP contribution is 2.29. The van der Waals surface area contributed by atoms with E-state index in [1.165, 1.54) is 31.4 Å². The number of carbonyl (C=O) groups is 2. The minimum atomic E-state index is -4.18. The number of esters is 1. The fourth-order valence-electron chi connectivity index (χ4n) is 3.95. The molecule has 2 aromatic rings. The zero-order valence-electron chi connectivity index (χ0n) is 19.5. The molecule has 182 valence electrons. The number of para-hydroxylation sites is 1. The first-order chi connectivity index (χ1) is 16.3. The standard InChI is InChI=1S/C25H30N2O6S/c1-18(25(29)33-3)27(34(30,31)22-15-13-21(32-2)14-16-22)17-20-11-7-8-12-23(20)26-24(28)19-9-5-4-6-10-19/h7-8,11-16,19H,1,4-6,9-10,17H2,2-3H3,(H,26,28). The molecule has 0 aliphatic heterocycles. The van der Waals surface area contributed by atoms with Crippen LogP contribution < -0.4 is 10.1 Å². The number of nitrogens with zero attached hydrogens (tertiary/aromatic N) is 1. The predicted octanol–water partition coefficient (Wildman–Crippen LogP) is 4.09. The molecule has 0 bridgehead atoms. The minimum Gasteiger partial charge on any atom is -0.497 e. The lowest BCUT2D eigenvalue weighted by molar-refractivity contribution is -0.137. The largest absolute Gasteiger partial charge is 0.497 e. The topological polar surface area (TPSA) is 102 Å². The molecule has 1 saturated carbocycles. The second kappa shape index (κ2) is 11.2. The van der Waals surface area contributed by atoms with Gasteiger partial charge in [-0.3, -0.25) is 9.10 Å². The summed E-state index contributed by atoms with van der Waals surface area (Å²) < 4.78 is 37.8. The summed E-state index contributed by atoms with van der Waals surface area (Å²) in [6.45, 7) is 3.45. The van der Waals surface area contributed by atoms with E-state index in [2.05, 4.69) is 11.9 Å². The summed E-state index contributed by atoms with van der Waals surface area (Å²) in [6.07, 6.45) is 4.85. The van der Waals surface area contributed by atoms with Gasteiger partial charge >= 0.3 is 5.97 Å². The number of anilines is 1. The molecule has 0 atom stereocenters. The zero-order chi connectivity index (χ0) is 24.7.